The van der Waals surface area contributed by atoms with Crippen LogP contribution in [0.2, 0.25) is 0 Å². The molecular weight excluding hydrogens is 484 g/mol. The molecule has 37 heavy (non-hydrogen) atoms. The smallest absolute Gasteiger partial charge is 0.126 e. The molecule has 10 heteroatoms. The Labute approximate surface area is 216 Å². The van der Waals surface area contributed by atoms with Crippen LogP contribution in [-0.2, 0) is 12.8 Å². The lowest BCUT2D eigenvalue weighted by Gasteiger charge is -2.29. The first-order valence-electron chi connectivity index (χ1n) is 11.6. The maximum Gasteiger partial charge on any atom is 0.126 e. The number of methoxy groups -OCH3 is 4. The van der Waals surface area contributed by atoms with E-state index in [9.17, 15) is 25.5 Å². The van der Waals surface area contributed by atoms with Crippen molar-refractivity contribution in [1.82, 2.24) is 0 Å². The zero-order valence-electron chi connectivity index (χ0n) is 21.4. The molecule has 1 unspecified atom stereocenters. The second kappa shape index (κ2) is 14.6. The molecule has 204 valence electrons. The fourth-order valence-corrected chi connectivity index (χ4v) is 3.69. The molecule has 2 aromatic rings. The summed E-state index contributed by atoms with van der Waals surface area (Å²) >= 11 is 0. The van der Waals surface area contributed by atoms with Gasteiger partial charge in [-0.25, -0.2) is 0 Å². The third-order valence-electron chi connectivity index (χ3n) is 5.94. The quantitative estimate of drug-likeness (QED) is 0.192. The third kappa shape index (κ3) is 7.95. The molecule has 0 amide bonds. The zero-order valence-corrected chi connectivity index (χ0v) is 21.4. The van der Waals surface area contributed by atoms with Crippen molar-refractivity contribution in [3.63, 3.8) is 0 Å². The fourth-order valence-electron chi connectivity index (χ4n) is 3.69. The van der Waals surface area contributed by atoms with Crippen LogP contribution in [-0.4, -0.2) is 96.2 Å². The van der Waals surface area contributed by atoms with Gasteiger partial charge in [0.1, 0.15) is 53.5 Å². The summed E-state index contributed by atoms with van der Waals surface area (Å²) in [6.07, 6.45) is -7.07. The molecule has 0 spiro atoms. The molecule has 0 bridgehead atoms. The third-order valence-corrected chi connectivity index (χ3v) is 5.94. The first-order chi connectivity index (χ1) is 17.7. The molecule has 6 N–H and O–H groups in total. The Hall–Kier alpha value is -3.08. The van der Waals surface area contributed by atoms with Crippen LogP contribution < -0.4 is 18.9 Å². The van der Waals surface area contributed by atoms with E-state index >= 15 is 0 Å². The molecule has 0 saturated heterocycles. The number of ether oxygens (including phenoxy) is 4. The monoisotopic (exact) mass is 520 g/mol. The predicted octanol–water partition coefficient (Wildman–Crippen LogP) is 0.384. The molecular formula is C27H36O10. The van der Waals surface area contributed by atoms with Crippen LogP contribution in [0.5, 0.6) is 23.0 Å². The minimum atomic E-state index is -1.95. The van der Waals surface area contributed by atoms with Crippen molar-refractivity contribution in [1.29, 1.82) is 0 Å². The average molecular weight is 521 g/mol. The summed E-state index contributed by atoms with van der Waals surface area (Å²) in [5, 5.41) is 60.6. The number of hydrogen-bond acceptors (Lipinski definition) is 10. The van der Waals surface area contributed by atoms with Gasteiger partial charge in [0.25, 0.3) is 0 Å². The van der Waals surface area contributed by atoms with Gasteiger partial charge < -0.3 is 49.6 Å². The molecule has 0 saturated carbocycles. The average Bonchev–Trinajstić information content (AvgIpc) is 2.94. The van der Waals surface area contributed by atoms with Crippen LogP contribution in [0.4, 0.5) is 0 Å². The molecule has 10 nitrogen and oxygen atoms in total. The number of aliphatic hydroxyl groups is 6. The summed E-state index contributed by atoms with van der Waals surface area (Å²) in [7, 11) is 6.08. The standard InChI is InChI=1S/C27H36O10/c1-34-19-10-8-16(22(13-19)36-3)6-5-7-18(12-17-9-11-20(35-2)14-23(17)37-4)24(30)26(32)27(33)25(31)21(29)15-28/h5,8-11,13-14,21,24-33H,6,12,15H2,1-4H3/t7?,21-,24?,25+,26+,27-/m0/s1. The lowest BCUT2D eigenvalue weighted by Crippen LogP contribution is -2.50. The van der Waals surface area contributed by atoms with Gasteiger partial charge in [0, 0.05) is 30.5 Å². The van der Waals surface area contributed by atoms with E-state index in [0.29, 0.717) is 35.0 Å². The number of aliphatic hydroxyl groups excluding tert-OH is 6. The van der Waals surface area contributed by atoms with E-state index in [1.165, 1.54) is 21.3 Å². The number of benzene rings is 2. The maximum atomic E-state index is 11.0. The minimum absolute atomic E-state index is 0.0625. The summed E-state index contributed by atoms with van der Waals surface area (Å²) in [4.78, 5) is 0. The van der Waals surface area contributed by atoms with E-state index in [4.69, 9.17) is 24.1 Å². The van der Waals surface area contributed by atoms with Gasteiger partial charge in [-0.15, -0.1) is 5.73 Å². The minimum Gasteiger partial charge on any atom is -0.497 e. The van der Waals surface area contributed by atoms with Crippen molar-refractivity contribution in [2.75, 3.05) is 35.0 Å². The highest BCUT2D eigenvalue weighted by atomic mass is 16.5. The number of hydrogen-bond donors (Lipinski definition) is 6. The van der Waals surface area contributed by atoms with Crippen molar-refractivity contribution < 1.29 is 49.6 Å². The topological polar surface area (TPSA) is 158 Å². The van der Waals surface area contributed by atoms with Crippen LogP contribution in [0.1, 0.15) is 11.1 Å². The zero-order chi connectivity index (χ0) is 27.5. The van der Waals surface area contributed by atoms with E-state index in [1.54, 1.807) is 43.5 Å². The second-order valence-electron chi connectivity index (χ2n) is 8.28. The molecule has 2 rings (SSSR count). The molecule has 0 heterocycles. The van der Waals surface area contributed by atoms with Crippen LogP contribution in [0.25, 0.3) is 0 Å². The van der Waals surface area contributed by atoms with Crippen LogP contribution in [0.3, 0.4) is 0 Å². The largest absolute Gasteiger partial charge is 0.497 e. The van der Waals surface area contributed by atoms with Gasteiger partial charge in [-0.1, -0.05) is 12.1 Å². The predicted molar refractivity (Wildman–Crippen MR) is 135 cm³/mol. The van der Waals surface area contributed by atoms with Crippen LogP contribution in [0, 0.1) is 0 Å². The van der Waals surface area contributed by atoms with Crippen molar-refractivity contribution in [2.45, 2.75) is 43.4 Å². The summed E-state index contributed by atoms with van der Waals surface area (Å²) in [6, 6.07) is 10.4. The van der Waals surface area contributed by atoms with Gasteiger partial charge in [-0.05, 0) is 29.3 Å². The Balaban J connectivity index is 2.45. The van der Waals surface area contributed by atoms with E-state index in [0.717, 1.165) is 5.56 Å². The molecule has 0 fully saturated rings. The molecule has 0 aliphatic rings. The van der Waals surface area contributed by atoms with E-state index < -0.39 is 37.1 Å². The van der Waals surface area contributed by atoms with Gasteiger partial charge >= 0.3 is 0 Å². The Morgan fingerprint density at radius 3 is 1.81 bits per heavy atom. The first-order valence-corrected chi connectivity index (χ1v) is 11.6. The SMILES string of the molecule is COc1ccc(CC=C=C(Cc2ccc(OC)cc2OC)C(O)[C@@H](O)[C@@H](O)[C@H](O)[C@@H](O)CO)c(OC)c1. The summed E-state index contributed by atoms with van der Waals surface area (Å²) < 4.78 is 21.3. The summed E-state index contributed by atoms with van der Waals surface area (Å²) in [5.41, 5.74) is 4.62. The van der Waals surface area contributed by atoms with Gasteiger partial charge in [0.15, 0.2) is 0 Å². The van der Waals surface area contributed by atoms with Gasteiger partial charge in [0.2, 0.25) is 0 Å². The van der Waals surface area contributed by atoms with Crippen molar-refractivity contribution in [3.05, 3.63) is 64.9 Å². The van der Waals surface area contributed by atoms with Crippen LogP contribution in [0.15, 0.2) is 53.8 Å². The molecule has 0 aliphatic carbocycles. The first kappa shape index (κ1) is 30.1. The second-order valence-corrected chi connectivity index (χ2v) is 8.28. The van der Waals surface area contributed by atoms with Crippen molar-refractivity contribution >= 4 is 0 Å². The molecule has 0 aromatic heterocycles. The molecule has 2 aromatic carbocycles. The van der Waals surface area contributed by atoms with Crippen LogP contribution >= 0.6 is 0 Å². The lowest BCUT2D eigenvalue weighted by molar-refractivity contribution is -0.134. The Morgan fingerprint density at radius 2 is 1.30 bits per heavy atom. The lowest BCUT2D eigenvalue weighted by atomic mass is 9.91. The van der Waals surface area contributed by atoms with Gasteiger partial charge in [-0.2, -0.15) is 0 Å². The maximum absolute atomic E-state index is 11.0. The van der Waals surface area contributed by atoms with E-state index in [2.05, 4.69) is 5.73 Å². The van der Waals surface area contributed by atoms with Crippen molar-refractivity contribution in [2.24, 2.45) is 0 Å². The normalized spacial score (nSPS) is 15.0. The van der Waals surface area contributed by atoms with E-state index in [-0.39, 0.29) is 12.0 Å². The number of rotatable bonds is 14. The summed E-state index contributed by atoms with van der Waals surface area (Å²) in [5.74, 6) is 2.25. The Bertz CT molecular complexity index is 1060. The van der Waals surface area contributed by atoms with Gasteiger partial charge in [-0.3, -0.25) is 0 Å². The van der Waals surface area contributed by atoms with Crippen molar-refractivity contribution in [3.8, 4) is 23.0 Å². The Kier molecular flexibility index (Phi) is 11.9. The Morgan fingerprint density at radius 1 is 0.757 bits per heavy atom. The fraction of sp³-hybridized carbons (Fsp3) is 0.444. The highest BCUT2D eigenvalue weighted by Gasteiger charge is 2.35. The summed E-state index contributed by atoms with van der Waals surface area (Å²) in [6.45, 7) is -0.837. The highest BCUT2D eigenvalue weighted by Crippen LogP contribution is 2.29. The molecule has 0 aliphatic heterocycles. The molecule has 0 radical (unpaired) electrons. The van der Waals surface area contributed by atoms with E-state index in [1.807, 2.05) is 6.07 Å². The highest BCUT2D eigenvalue weighted by molar-refractivity contribution is 5.44. The van der Waals surface area contributed by atoms with Gasteiger partial charge in [0.05, 0.1) is 35.0 Å². The molecule has 5 atom stereocenters.